The zero-order valence-corrected chi connectivity index (χ0v) is 16.1. The van der Waals surface area contributed by atoms with Crippen LogP contribution in [0, 0.1) is 0 Å². The van der Waals surface area contributed by atoms with Crippen molar-refractivity contribution in [3.05, 3.63) is 24.3 Å². The SMILES string of the molecule is COCCC(SSSc1nc2ccccc2s1)[Si](C)C. The smallest absolute Gasteiger partial charge is 0.162 e. The number of methoxy groups -OCH3 is 1. The molecule has 0 amide bonds. The topological polar surface area (TPSA) is 22.1 Å². The molecule has 0 bridgehead atoms. The molecule has 1 aromatic carbocycles. The summed E-state index contributed by atoms with van der Waals surface area (Å²) in [6.07, 6.45) is 1.15. The third kappa shape index (κ3) is 4.96. The van der Waals surface area contributed by atoms with Crippen LogP contribution in [0.3, 0.4) is 0 Å². The van der Waals surface area contributed by atoms with E-state index >= 15 is 0 Å². The summed E-state index contributed by atoms with van der Waals surface area (Å²) in [6.45, 7) is 5.61. The highest BCUT2D eigenvalue weighted by Crippen LogP contribution is 2.45. The monoisotopic (exact) mass is 360 g/mol. The van der Waals surface area contributed by atoms with Crippen molar-refractivity contribution in [2.75, 3.05) is 13.7 Å². The van der Waals surface area contributed by atoms with Gasteiger partial charge in [-0.1, -0.05) is 36.0 Å². The van der Waals surface area contributed by atoms with Crippen LogP contribution in [-0.2, 0) is 4.74 Å². The van der Waals surface area contributed by atoms with Crippen LogP contribution in [0.4, 0.5) is 0 Å². The van der Waals surface area contributed by atoms with Crippen LogP contribution in [0.15, 0.2) is 28.6 Å². The normalized spacial score (nSPS) is 13.2. The van der Waals surface area contributed by atoms with Crippen LogP contribution in [0.1, 0.15) is 6.42 Å². The van der Waals surface area contributed by atoms with Crippen molar-refractivity contribution in [2.24, 2.45) is 0 Å². The van der Waals surface area contributed by atoms with Crippen molar-refractivity contribution in [1.82, 2.24) is 4.98 Å². The van der Waals surface area contributed by atoms with Crippen molar-refractivity contribution in [1.29, 1.82) is 0 Å². The number of hydrogen-bond donors (Lipinski definition) is 0. The lowest BCUT2D eigenvalue weighted by Crippen LogP contribution is -2.21. The maximum Gasteiger partial charge on any atom is 0.162 e. The molecule has 109 valence electrons. The minimum atomic E-state index is -0.292. The molecule has 0 saturated heterocycles. The molecule has 0 saturated carbocycles. The quantitative estimate of drug-likeness (QED) is 0.464. The first kappa shape index (κ1) is 16.7. The van der Waals surface area contributed by atoms with E-state index in [0.29, 0.717) is 0 Å². The van der Waals surface area contributed by atoms with Gasteiger partial charge in [-0.25, -0.2) is 4.98 Å². The molecule has 0 aliphatic carbocycles. The van der Waals surface area contributed by atoms with E-state index in [2.05, 4.69) is 36.3 Å². The van der Waals surface area contributed by atoms with Gasteiger partial charge >= 0.3 is 0 Å². The summed E-state index contributed by atoms with van der Waals surface area (Å²) in [4.78, 5) is 5.38. The number of fused-ring (bicyclic) bond motifs is 1. The van der Waals surface area contributed by atoms with E-state index in [-0.39, 0.29) is 8.80 Å². The summed E-state index contributed by atoms with van der Waals surface area (Å²) in [5.41, 5.74) is 1.11. The number of hydrogen-bond acceptors (Lipinski definition) is 6. The maximum atomic E-state index is 5.20. The van der Waals surface area contributed by atoms with Crippen molar-refractivity contribution in [3.63, 3.8) is 0 Å². The number of benzene rings is 1. The largest absolute Gasteiger partial charge is 0.385 e. The molecular weight excluding hydrogens is 343 g/mol. The Hall–Kier alpha value is 0.337. The molecular formula is C13H18NOS4Si. The molecule has 1 unspecified atom stereocenters. The summed E-state index contributed by atoms with van der Waals surface area (Å²) in [7, 11) is 7.12. The fraction of sp³-hybridized carbons (Fsp3) is 0.462. The van der Waals surface area contributed by atoms with Gasteiger partial charge in [-0.15, -0.1) is 11.3 Å². The van der Waals surface area contributed by atoms with E-state index in [9.17, 15) is 0 Å². The van der Waals surface area contributed by atoms with Crippen LogP contribution in [0.2, 0.25) is 13.1 Å². The predicted molar refractivity (Wildman–Crippen MR) is 98.4 cm³/mol. The highest BCUT2D eigenvalue weighted by molar-refractivity contribution is 9.09. The zero-order valence-electron chi connectivity index (χ0n) is 11.8. The second-order valence-electron chi connectivity index (χ2n) is 4.54. The fourth-order valence-corrected chi connectivity index (χ4v) is 11.3. The van der Waals surface area contributed by atoms with Crippen LogP contribution < -0.4 is 0 Å². The molecule has 0 aliphatic heterocycles. The van der Waals surface area contributed by atoms with Crippen LogP contribution >= 0.6 is 42.8 Å². The van der Waals surface area contributed by atoms with E-state index < -0.39 is 0 Å². The number of ether oxygens (including phenoxy) is 1. The Morgan fingerprint density at radius 3 is 2.85 bits per heavy atom. The third-order valence-corrected chi connectivity index (χ3v) is 12.0. The van der Waals surface area contributed by atoms with E-state index in [0.717, 1.165) is 27.8 Å². The second kappa shape index (κ2) is 8.70. The molecule has 1 atom stereocenters. The number of thiazole rings is 1. The lowest BCUT2D eigenvalue weighted by atomic mass is 10.3. The third-order valence-electron chi connectivity index (χ3n) is 2.76. The summed E-state index contributed by atoms with van der Waals surface area (Å²) >= 11 is 1.78. The molecule has 7 heteroatoms. The Balaban J connectivity index is 1.84. The maximum absolute atomic E-state index is 5.20. The van der Waals surface area contributed by atoms with E-state index in [1.165, 1.54) is 4.70 Å². The Labute approximate surface area is 137 Å². The molecule has 1 aromatic heterocycles. The number of rotatable bonds is 8. The van der Waals surface area contributed by atoms with E-state index in [1.807, 2.05) is 26.7 Å². The van der Waals surface area contributed by atoms with Gasteiger partial charge in [0.15, 0.2) is 4.34 Å². The fourth-order valence-electron chi connectivity index (χ4n) is 1.64. The summed E-state index contributed by atoms with van der Waals surface area (Å²) in [6, 6.07) is 8.33. The van der Waals surface area contributed by atoms with Gasteiger partial charge in [-0.05, 0) is 39.2 Å². The summed E-state index contributed by atoms with van der Waals surface area (Å²) < 4.78 is 7.62. The molecule has 2 rings (SSSR count). The standard InChI is InChI=1S/C13H18NOS4Si/c1-15-9-8-12(20(2)3)17-19-18-13-14-10-6-4-5-7-11(10)16-13/h4-7,12H,8-9H2,1-3H3. The van der Waals surface area contributed by atoms with Crippen molar-refractivity contribution < 1.29 is 4.74 Å². The van der Waals surface area contributed by atoms with Gasteiger partial charge < -0.3 is 4.74 Å². The van der Waals surface area contributed by atoms with E-state index in [4.69, 9.17) is 4.74 Å². The molecule has 2 aromatic rings. The first-order chi connectivity index (χ1) is 9.70. The number of aromatic nitrogens is 1. The minimum Gasteiger partial charge on any atom is -0.385 e. The van der Waals surface area contributed by atoms with Gasteiger partial charge in [0.25, 0.3) is 0 Å². The average Bonchev–Trinajstić information content (AvgIpc) is 2.84. The predicted octanol–water partition coefficient (Wildman–Crippen LogP) is 5.38. The van der Waals surface area contributed by atoms with Gasteiger partial charge in [-0.2, -0.15) is 0 Å². The molecule has 2 nitrogen and oxygen atoms in total. The second-order valence-corrected chi connectivity index (χ2v) is 13.3. The lowest BCUT2D eigenvalue weighted by molar-refractivity contribution is 0.198. The Morgan fingerprint density at radius 2 is 2.15 bits per heavy atom. The minimum absolute atomic E-state index is 0.292. The zero-order chi connectivity index (χ0) is 14.4. The van der Waals surface area contributed by atoms with Crippen molar-refractivity contribution >= 4 is 61.8 Å². The van der Waals surface area contributed by atoms with E-state index in [1.54, 1.807) is 29.2 Å². The van der Waals surface area contributed by atoms with Crippen molar-refractivity contribution in [3.8, 4) is 0 Å². The Bertz CT molecular complexity index is 501. The lowest BCUT2D eigenvalue weighted by Gasteiger charge is -2.17. The van der Waals surface area contributed by atoms with Gasteiger partial charge in [0.2, 0.25) is 0 Å². The molecule has 1 heterocycles. The van der Waals surface area contributed by atoms with Gasteiger partial charge in [0.05, 0.1) is 19.0 Å². The summed E-state index contributed by atoms with van der Waals surface area (Å²) in [5, 5.41) is 0. The van der Waals surface area contributed by atoms with Crippen molar-refractivity contribution in [2.45, 2.75) is 28.7 Å². The Morgan fingerprint density at radius 1 is 1.35 bits per heavy atom. The van der Waals surface area contributed by atoms with Gasteiger partial charge in [-0.3, -0.25) is 0 Å². The number of nitrogens with zero attached hydrogens (tertiary/aromatic N) is 1. The molecule has 1 radical (unpaired) electrons. The highest BCUT2D eigenvalue weighted by atomic mass is 33.5. The average molecular weight is 361 g/mol. The first-order valence-corrected chi connectivity index (χ1v) is 13.3. The Kier molecular flexibility index (Phi) is 7.27. The highest BCUT2D eigenvalue weighted by Gasteiger charge is 2.16. The number of para-hydroxylation sites is 1. The van der Waals surface area contributed by atoms with Gasteiger partial charge in [0.1, 0.15) is 0 Å². The molecule has 0 spiro atoms. The van der Waals surface area contributed by atoms with Crippen LogP contribution in [0.25, 0.3) is 10.2 Å². The molecule has 0 fully saturated rings. The first-order valence-electron chi connectivity index (χ1n) is 6.35. The molecule has 0 N–H and O–H groups in total. The van der Waals surface area contributed by atoms with Crippen LogP contribution in [-0.4, -0.2) is 32.4 Å². The summed E-state index contributed by atoms with van der Waals surface area (Å²) in [5.74, 6) is 0. The van der Waals surface area contributed by atoms with Gasteiger partial charge in [0, 0.05) is 18.6 Å². The molecule has 0 aliphatic rings. The molecule has 20 heavy (non-hydrogen) atoms. The van der Waals surface area contributed by atoms with Crippen LogP contribution in [0.5, 0.6) is 0 Å².